The first-order chi connectivity index (χ1) is 18.8. The fourth-order valence-corrected chi connectivity index (χ4v) is 4.56. The van der Waals surface area contributed by atoms with E-state index in [0.717, 1.165) is 74.0 Å². The van der Waals surface area contributed by atoms with E-state index in [1.54, 1.807) is 13.2 Å². The van der Waals surface area contributed by atoms with Gasteiger partial charge in [0, 0.05) is 56.2 Å². The van der Waals surface area contributed by atoms with Crippen molar-refractivity contribution >= 4 is 29.1 Å². The minimum Gasteiger partial charge on any atom is -0.495 e. The van der Waals surface area contributed by atoms with E-state index in [-0.39, 0.29) is 0 Å². The maximum absolute atomic E-state index is 5.77. The zero-order valence-electron chi connectivity index (χ0n) is 24.4. The van der Waals surface area contributed by atoms with Crippen LogP contribution in [0.2, 0.25) is 0 Å². The first kappa shape index (κ1) is 28.4. The van der Waals surface area contributed by atoms with E-state index in [1.165, 1.54) is 0 Å². The number of ether oxygens (including phenoxy) is 1. The first-order valence-corrected chi connectivity index (χ1v) is 14.0. The molecule has 39 heavy (non-hydrogen) atoms. The van der Waals surface area contributed by atoms with Crippen LogP contribution >= 0.6 is 0 Å². The van der Waals surface area contributed by atoms with Crippen molar-refractivity contribution in [2.45, 2.75) is 47.1 Å². The van der Waals surface area contributed by atoms with Gasteiger partial charge in [0.1, 0.15) is 5.75 Å². The SMILES string of the molecule is C=Cc1nc(Nc2ccc(N3CCN(C)CC3)c(OC)c2)nn1C(=CC(C)CC)c1cnn(CCC(C)C)c1. The molecule has 210 valence electrons. The maximum atomic E-state index is 5.77. The van der Waals surface area contributed by atoms with Gasteiger partial charge in [-0.3, -0.25) is 4.68 Å². The van der Waals surface area contributed by atoms with E-state index in [4.69, 9.17) is 14.8 Å². The van der Waals surface area contributed by atoms with Crippen molar-refractivity contribution < 1.29 is 4.74 Å². The van der Waals surface area contributed by atoms with Gasteiger partial charge in [0.05, 0.1) is 24.7 Å². The number of hydrogen-bond donors (Lipinski definition) is 1. The van der Waals surface area contributed by atoms with Gasteiger partial charge < -0.3 is 19.9 Å². The van der Waals surface area contributed by atoms with Crippen LogP contribution in [0.25, 0.3) is 11.8 Å². The van der Waals surface area contributed by atoms with Crippen LogP contribution in [0.1, 0.15) is 51.9 Å². The fraction of sp³-hybridized carbons (Fsp3) is 0.500. The molecule has 0 saturated carbocycles. The average Bonchev–Trinajstić information content (AvgIpc) is 3.58. The molecule has 1 atom stereocenters. The van der Waals surface area contributed by atoms with Crippen molar-refractivity contribution in [2.24, 2.45) is 11.8 Å². The summed E-state index contributed by atoms with van der Waals surface area (Å²) in [6.07, 6.45) is 10.1. The number of aromatic nitrogens is 5. The number of nitrogens with zero attached hydrogens (tertiary/aromatic N) is 7. The summed E-state index contributed by atoms with van der Waals surface area (Å²) in [5.41, 5.74) is 3.94. The lowest BCUT2D eigenvalue weighted by atomic mass is 10.1. The van der Waals surface area contributed by atoms with E-state index in [2.05, 4.69) is 85.9 Å². The third-order valence-electron chi connectivity index (χ3n) is 7.27. The summed E-state index contributed by atoms with van der Waals surface area (Å²) in [4.78, 5) is 9.46. The molecule has 9 nitrogen and oxygen atoms in total. The third-order valence-corrected chi connectivity index (χ3v) is 7.27. The maximum Gasteiger partial charge on any atom is 0.247 e. The van der Waals surface area contributed by atoms with Crippen LogP contribution in [0.15, 0.2) is 43.2 Å². The largest absolute Gasteiger partial charge is 0.495 e. The summed E-state index contributed by atoms with van der Waals surface area (Å²) in [5.74, 6) is 2.99. The van der Waals surface area contributed by atoms with Crippen molar-refractivity contribution in [1.29, 1.82) is 0 Å². The Hall–Kier alpha value is -3.59. The molecule has 1 aromatic carbocycles. The summed E-state index contributed by atoms with van der Waals surface area (Å²) >= 11 is 0. The summed E-state index contributed by atoms with van der Waals surface area (Å²) in [5, 5.41) is 12.9. The molecule has 3 aromatic rings. The zero-order chi connectivity index (χ0) is 27.9. The minimum atomic E-state index is 0.365. The molecule has 2 aromatic heterocycles. The van der Waals surface area contributed by atoms with Crippen LogP contribution in [-0.2, 0) is 6.54 Å². The van der Waals surface area contributed by atoms with Crippen LogP contribution in [-0.4, -0.2) is 69.8 Å². The highest BCUT2D eigenvalue weighted by Crippen LogP contribution is 2.33. The number of rotatable bonds is 12. The summed E-state index contributed by atoms with van der Waals surface area (Å²) < 4.78 is 9.64. The Morgan fingerprint density at radius 3 is 2.62 bits per heavy atom. The number of piperazine rings is 1. The Labute approximate surface area is 233 Å². The summed E-state index contributed by atoms with van der Waals surface area (Å²) in [7, 11) is 3.88. The average molecular weight is 533 g/mol. The Morgan fingerprint density at radius 1 is 1.18 bits per heavy atom. The minimum absolute atomic E-state index is 0.365. The number of aryl methyl sites for hydroxylation is 1. The number of methoxy groups -OCH3 is 1. The first-order valence-electron chi connectivity index (χ1n) is 14.0. The van der Waals surface area contributed by atoms with Gasteiger partial charge in [0.2, 0.25) is 5.95 Å². The number of allylic oxidation sites excluding steroid dienone is 1. The van der Waals surface area contributed by atoms with Gasteiger partial charge >= 0.3 is 0 Å². The van der Waals surface area contributed by atoms with Crippen LogP contribution in [0.5, 0.6) is 5.75 Å². The molecule has 1 fully saturated rings. The van der Waals surface area contributed by atoms with Crippen LogP contribution < -0.4 is 15.0 Å². The summed E-state index contributed by atoms with van der Waals surface area (Å²) in [6.45, 7) is 17.8. The van der Waals surface area contributed by atoms with Crippen molar-refractivity contribution in [2.75, 3.05) is 50.6 Å². The number of nitrogens with one attached hydrogen (secondary N) is 1. The molecule has 0 radical (unpaired) electrons. The van der Waals surface area contributed by atoms with Gasteiger partial charge in [-0.25, -0.2) is 4.68 Å². The van der Waals surface area contributed by atoms with E-state index < -0.39 is 0 Å². The number of hydrogen-bond acceptors (Lipinski definition) is 7. The number of benzene rings is 1. The Bertz CT molecular complexity index is 1270. The van der Waals surface area contributed by atoms with Gasteiger partial charge in [-0.2, -0.15) is 10.1 Å². The molecule has 0 aliphatic carbocycles. The van der Waals surface area contributed by atoms with E-state index in [9.17, 15) is 0 Å². The molecule has 1 aliphatic rings. The standard InChI is InChI=1S/C30H44N8O/c1-8-23(5)18-27(24-20-31-37(21-24)13-12-22(3)4)38-29(9-2)33-30(34-38)32-25-10-11-26(28(19-25)39-7)36-16-14-35(6)15-17-36/h9-11,18-23H,2,8,12-17H2,1,3-7H3,(H,32,34). The number of likely N-dealkylation sites (N-methyl/N-ethyl adjacent to an activating group) is 1. The summed E-state index contributed by atoms with van der Waals surface area (Å²) in [6, 6.07) is 6.17. The van der Waals surface area contributed by atoms with Gasteiger partial charge in [0.25, 0.3) is 0 Å². The highest BCUT2D eigenvalue weighted by Gasteiger charge is 2.19. The third kappa shape index (κ3) is 7.09. The lowest BCUT2D eigenvalue weighted by molar-refractivity contribution is 0.311. The molecule has 1 aliphatic heterocycles. The quantitative estimate of drug-likeness (QED) is 0.325. The van der Waals surface area contributed by atoms with Crippen molar-refractivity contribution in [3.8, 4) is 5.75 Å². The predicted octanol–water partition coefficient (Wildman–Crippen LogP) is 5.60. The molecule has 4 rings (SSSR count). The van der Waals surface area contributed by atoms with E-state index >= 15 is 0 Å². The number of anilines is 3. The van der Waals surface area contributed by atoms with Crippen LogP contribution in [0, 0.1) is 11.8 Å². The van der Waals surface area contributed by atoms with E-state index in [0.29, 0.717) is 23.6 Å². The molecule has 0 spiro atoms. The van der Waals surface area contributed by atoms with Gasteiger partial charge in [-0.1, -0.05) is 46.8 Å². The van der Waals surface area contributed by atoms with Gasteiger partial charge in [-0.05, 0) is 43.5 Å². The molecule has 3 heterocycles. The van der Waals surface area contributed by atoms with Crippen molar-refractivity contribution in [3.63, 3.8) is 0 Å². The van der Waals surface area contributed by atoms with Crippen molar-refractivity contribution in [3.05, 3.63) is 54.6 Å². The highest BCUT2D eigenvalue weighted by atomic mass is 16.5. The molecular weight excluding hydrogens is 488 g/mol. The molecule has 1 unspecified atom stereocenters. The normalized spacial score (nSPS) is 15.6. The van der Waals surface area contributed by atoms with Crippen LogP contribution in [0.4, 0.5) is 17.3 Å². The van der Waals surface area contributed by atoms with E-state index in [1.807, 2.05) is 21.6 Å². The molecule has 1 saturated heterocycles. The molecular formula is C30H44N8O. The molecule has 9 heteroatoms. The fourth-order valence-electron chi connectivity index (χ4n) is 4.56. The second kappa shape index (κ2) is 13.0. The molecule has 0 bridgehead atoms. The molecule has 1 N–H and O–H groups in total. The predicted molar refractivity (Wildman–Crippen MR) is 161 cm³/mol. The Kier molecular flexibility index (Phi) is 9.45. The highest BCUT2D eigenvalue weighted by molar-refractivity contribution is 5.70. The second-order valence-corrected chi connectivity index (χ2v) is 10.8. The smallest absolute Gasteiger partial charge is 0.247 e. The van der Waals surface area contributed by atoms with Crippen LogP contribution in [0.3, 0.4) is 0 Å². The lowest BCUT2D eigenvalue weighted by Gasteiger charge is -2.34. The Balaban J connectivity index is 1.61. The van der Waals surface area contributed by atoms with Gasteiger partial charge in [0.15, 0.2) is 5.82 Å². The second-order valence-electron chi connectivity index (χ2n) is 10.8. The Morgan fingerprint density at radius 2 is 1.95 bits per heavy atom. The van der Waals surface area contributed by atoms with Crippen molar-refractivity contribution in [1.82, 2.24) is 29.4 Å². The zero-order valence-corrected chi connectivity index (χ0v) is 24.4. The topological polar surface area (TPSA) is 76.3 Å². The lowest BCUT2D eigenvalue weighted by Crippen LogP contribution is -2.44. The van der Waals surface area contributed by atoms with Gasteiger partial charge in [-0.15, -0.1) is 5.10 Å². The molecule has 0 amide bonds. The monoisotopic (exact) mass is 532 g/mol.